The van der Waals surface area contributed by atoms with Gasteiger partial charge in [-0.2, -0.15) is 8.42 Å². The van der Waals surface area contributed by atoms with E-state index in [1.165, 1.54) is 0 Å². The summed E-state index contributed by atoms with van der Waals surface area (Å²) >= 11 is 0. The van der Waals surface area contributed by atoms with Crippen molar-refractivity contribution in [2.45, 2.75) is 6.04 Å². The lowest BCUT2D eigenvalue weighted by Crippen LogP contribution is -2.36. The highest BCUT2D eigenvalue weighted by molar-refractivity contribution is 7.85. The maximum absolute atomic E-state index is 11.5. The van der Waals surface area contributed by atoms with Crippen molar-refractivity contribution in [3.8, 4) is 0 Å². The third-order valence-corrected chi connectivity index (χ3v) is 2.82. The first kappa shape index (κ1) is 13.6. The number of hydrogen-bond acceptors (Lipinski definition) is 4. The van der Waals surface area contributed by atoms with Gasteiger partial charge >= 0.3 is 0 Å². The molecule has 0 bridgehead atoms. The molecular formula is C10H14N2O4S. The molecular weight excluding hydrogens is 244 g/mol. The lowest BCUT2D eigenvalue weighted by molar-refractivity contribution is -0.122. The summed E-state index contributed by atoms with van der Waals surface area (Å²) in [6.07, 6.45) is 0. The van der Waals surface area contributed by atoms with E-state index in [0.29, 0.717) is 5.56 Å². The Balaban J connectivity index is 2.49. The quantitative estimate of drug-likeness (QED) is 0.628. The third kappa shape index (κ3) is 4.94. The molecule has 0 fully saturated rings. The molecule has 7 heteroatoms. The summed E-state index contributed by atoms with van der Waals surface area (Å²) in [6, 6.07) is 7.85. The number of amides is 1. The lowest BCUT2D eigenvalue weighted by atomic mass is 10.1. The Kier molecular flexibility index (Phi) is 4.62. The maximum atomic E-state index is 11.5. The highest BCUT2D eigenvalue weighted by atomic mass is 32.2. The van der Waals surface area contributed by atoms with Crippen LogP contribution in [0.2, 0.25) is 0 Å². The van der Waals surface area contributed by atoms with Gasteiger partial charge in [-0.05, 0) is 5.56 Å². The van der Waals surface area contributed by atoms with Gasteiger partial charge in [0.15, 0.2) is 0 Å². The first-order valence-electron chi connectivity index (χ1n) is 4.93. The Labute approximate surface area is 99.6 Å². The fraction of sp³-hybridized carbons (Fsp3) is 0.300. The van der Waals surface area contributed by atoms with E-state index in [4.69, 9.17) is 10.3 Å². The molecule has 0 aliphatic rings. The van der Waals surface area contributed by atoms with Crippen molar-refractivity contribution in [3.05, 3.63) is 35.9 Å². The van der Waals surface area contributed by atoms with Crippen molar-refractivity contribution >= 4 is 16.0 Å². The summed E-state index contributed by atoms with van der Waals surface area (Å²) in [4.78, 5) is 11.5. The summed E-state index contributed by atoms with van der Waals surface area (Å²) in [5.41, 5.74) is 6.30. The molecule has 4 N–H and O–H groups in total. The molecule has 0 aliphatic heterocycles. The van der Waals surface area contributed by atoms with Crippen molar-refractivity contribution in [3.63, 3.8) is 0 Å². The summed E-state index contributed by atoms with van der Waals surface area (Å²) in [6.45, 7) is -0.168. The largest absolute Gasteiger partial charge is 0.353 e. The predicted molar refractivity (Wildman–Crippen MR) is 62.8 cm³/mol. The number of rotatable bonds is 5. The predicted octanol–water partition coefficient (Wildman–Crippen LogP) is -0.310. The van der Waals surface area contributed by atoms with Crippen LogP contribution < -0.4 is 11.1 Å². The van der Waals surface area contributed by atoms with Crippen LogP contribution in [-0.2, 0) is 14.9 Å². The molecule has 1 amide bonds. The van der Waals surface area contributed by atoms with Crippen LogP contribution in [0.25, 0.3) is 0 Å². The number of hydrogen-bond donors (Lipinski definition) is 3. The van der Waals surface area contributed by atoms with Crippen LogP contribution >= 0.6 is 0 Å². The second kappa shape index (κ2) is 5.76. The molecule has 0 heterocycles. The molecule has 1 atom stereocenters. The average molecular weight is 258 g/mol. The second-order valence-electron chi connectivity index (χ2n) is 3.47. The highest BCUT2D eigenvalue weighted by Gasteiger charge is 2.15. The van der Waals surface area contributed by atoms with Crippen molar-refractivity contribution < 1.29 is 17.8 Å². The SMILES string of the molecule is N[C@@H](C(=O)NCCS(=O)(=O)O)c1ccccc1. The molecule has 94 valence electrons. The van der Waals surface area contributed by atoms with Crippen molar-refractivity contribution in [2.24, 2.45) is 5.73 Å². The monoisotopic (exact) mass is 258 g/mol. The molecule has 1 rings (SSSR count). The smallest absolute Gasteiger partial charge is 0.266 e. The molecule has 0 aromatic heterocycles. The molecule has 17 heavy (non-hydrogen) atoms. The van der Waals surface area contributed by atoms with Crippen LogP contribution in [0.1, 0.15) is 11.6 Å². The number of nitrogens with two attached hydrogens (primary N) is 1. The van der Waals surface area contributed by atoms with Crippen molar-refractivity contribution in [2.75, 3.05) is 12.3 Å². The fourth-order valence-corrected chi connectivity index (χ4v) is 1.58. The Bertz CT molecular complexity index is 472. The Morgan fingerprint density at radius 1 is 1.35 bits per heavy atom. The highest BCUT2D eigenvalue weighted by Crippen LogP contribution is 2.08. The standard InChI is InChI=1S/C10H14N2O4S/c11-9(8-4-2-1-3-5-8)10(13)12-6-7-17(14,15)16/h1-5,9H,6-7,11H2,(H,12,13)(H,14,15,16)/t9-/m1/s1. The number of nitrogens with one attached hydrogen (secondary N) is 1. The van der Waals surface area contributed by atoms with Gasteiger partial charge < -0.3 is 11.1 Å². The molecule has 0 unspecified atom stereocenters. The summed E-state index contributed by atoms with van der Waals surface area (Å²) in [5.74, 6) is -1.01. The zero-order chi connectivity index (χ0) is 12.9. The topological polar surface area (TPSA) is 109 Å². The first-order chi connectivity index (χ1) is 7.90. The molecule has 0 saturated carbocycles. The van der Waals surface area contributed by atoms with E-state index >= 15 is 0 Å². The third-order valence-electron chi connectivity index (χ3n) is 2.10. The second-order valence-corrected chi connectivity index (χ2v) is 5.04. The molecule has 0 saturated heterocycles. The number of carbonyl (C=O) groups excluding carboxylic acids is 1. The van der Waals surface area contributed by atoms with Gasteiger partial charge in [-0.25, -0.2) is 0 Å². The molecule has 0 aliphatic carbocycles. The van der Waals surface area contributed by atoms with Crippen molar-refractivity contribution in [1.82, 2.24) is 5.32 Å². The lowest BCUT2D eigenvalue weighted by Gasteiger charge is -2.11. The molecule has 0 spiro atoms. The van der Waals surface area contributed by atoms with Crippen LogP contribution in [0.3, 0.4) is 0 Å². The van der Waals surface area contributed by atoms with Crippen LogP contribution in [0.15, 0.2) is 30.3 Å². The zero-order valence-corrected chi connectivity index (χ0v) is 9.85. The van der Waals surface area contributed by atoms with E-state index in [-0.39, 0.29) is 6.54 Å². The van der Waals surface area contributed by atoms with Crippen LogP contribution in [0.4, 0.5) is 0 Å². The minimum Gasteiger partial charge on any atom is -0.353 e. The number of carbonyl (C=O) groups is 1. The molecule has 0 radical (unpaired) electrons. The maximum Gasteiger partial charge on any atom is 0.266 e. The Morgan fingerprint density at radius 2 is 1.94 bits per heavy atom. The van der Waals surface area contributed by atoms with Crippen molar-refractivity contribution in [1.29, 1.82) is 0 Å². The van der Waals surface area contributed by atoms with Gasteiger partial charge in [-0.15, -0.1) is 0 Å². The van der Waals surface area contributed by atoms with Gasteiger partial charge in [-0.3, -0.25) is 9.35 Å². The van der Waals surface area contributed by atoms with E-state index in [0.717, 1.165) is 0 Å². The summed E-state index contributed by atoms with van der Waals surface area (Å²) < 4.78 is 29.3. The van der Waals surface area contributed by atoms with Gasteiger partial charge in [0.25, 0.3) is 10.1 Å². The Hall–Kier alpha value is -1.44. The molecule has 6 nitrogen and oxygen atoms in total. The van der Waals surface area contributed by atoms with Gasteiger partial charge in [0, 0.05) is 6.54 Å². The van der Waals surface area contributed by atoms with Gasteiger partial charge in [0.05, 0.1) is 5.75 Å². The van der Waals surface area contributed by atoms with Gasteiger partial charge in [0.2, 0.25) is 5.91 Å². The van der Waals surface area contributed by atoms with Gasteiger partial charge in [0.1, 0.15) is 6.04 Å². The molecule has 1 aromatic rings. The van der Waals surface area contributed by atoms with E-state index in [1.807, 2.05) is 0 Å². The normalized spacial score (nSPS) is 13.1. The molecule has 1 aromatic carbocycles. The summed E-state index contributed by atoms with van der Waals surface area (Å²) in [5, 5.41) is 2.33. The van der Waals surface area contributed by atoms with E-state index < -0.39 is 27.8 Å². The van der Waals surface area contributed by atoms with Crippen LogP contribution in [0.5, 0.6) is 0 Å². The minimum atomic E-state index is -4.07. The van der Waals surface area contributed by atoms with Gasteiger partial charge in [-0.1, -0.05) is 30.3 Å². The minimum absolute atomic E-state index is 0.168. The summed E-state index contributed by atoms with van der Waals surface area (Å²) in [7, 11) is -4.07. The number of benzene rings is 1. The zero-order valence-electron chi connectivity index (χ0n) is 9.04. The van der Waals surface area contributed by atoms with Crippen LogP contribution in [-0.4, -0.2) is 31.2 Å². The Morgan fingerprint density at radius 3 is 2.47 bits per heavy atom. The van der Waals surface area contributed by atoms with Crippen LogP contribution in [0, 0.1) is 0 Å². The average Bonchev–Trinajstić information content (AvgIpc) is 2.27. The fourth-order valence-electron chi connectivity index (χ4n) is 1.22. The first-order valence-corrected chi connectivity index (χ1v) is 6.54. The van der Waals surface area contributed by atoms with E-state index in [9.17, 15) is 13.2 Å². The van der Waals surface area contributed by atoms with E-state index in [1.54, 1.807) is 30.3 Å². The van der Waals surface area contributed by atoms with E-state index in [2.05, 4.69) is 5.32 Å².